The van der Waals surface area contributed by atoms with E-state index in [0.29, 0.717) is 0 Å². The van der Waals surface area contributed by atoms with Crippen LogP contribution in [0.5, 0.6) is 0 Å². The number of aromatic nitrogens is 1. The Morgan fingerprint density at radius 2 is 2.54 bits per heavy atom. The third kappa shape index (κ3) is 2.05. The highest BCUT2D eigenvalue weighted by atomic mass is 16.5. The van der Waals surface area contributed by atoms with E-state index in [1.54, 1.807) is 6.20 Å². The topological polar surface area (TPSA) is 25.4 Å². The van der Waals surface area contributed by atoms with Crippen molar-refractivity contribution < 1.29 is 4.74 Å². The van der Waals surface area contributed by atoms with E-state index < -0.39 is 0 Å². The van der Waals surface area contributed by atoms with Crippen molar-refractivity contribution in [2.45, 2.75) is 6.10 Å². The smallest absolute Gasteiger partial charge is 0.0967 e. The lowest BCUT2D eigenvalue weighted by Crippen LogP contribution is -2.35. The van der Waals surface area contributed by atoms with Crippen LogP contribution in [0.15, 0.2) is 24.5 Å². The Hall–Kier alpha value is -0.930. The molecule has 1 saturated heterocycles. The molecule has 1 aliphatic heterocycles. The van der Waals surface area contributed by atoms with Gasteiger partial charge in [-0.2, -0.15) is 0 Å². The monoisotopic (exact) mass is 178 g/mol. The number of hydrogen-bond donors (Lipinski definition) is 0. The Bertz CT molecular complexity index is 263. The zero-order valence-electron chi connectivity index (χ0n) is 7.81. The quantitative estimate of drug-likeness (QED) is 0.643. The van der Waals surface area contributed by atoms with Crippen LogP contribution in [0.2, 0.25) is 0 Å². The molecule has 2 heterocycles. The Morgan fingerprint density at radius 3 is 3.23 bits per heavy atom. The maximum absolute atomic E-state index is 5.65. The Balaban J connectivity index is 2.08. The van der Waals surface area contributed by atoms with Gasteiger partial charge in [-0.05, 0) is 13.1 Å². The molecule has 1 aromatic rings. The minimum absolute atomic E-state index is 0.201. The maximum Gasteiger partial charge on any atom is 0.0967 e. The predicted molar refractivity (Wildman–Crippen MR) is 50.4 cm³/mol. The van der Waals surface area contributed by atoms with Crippen LogP contribution in [-0.4, -0.2) is 36.6 Å². The third-order valence-electron chi connectivity index (χ3n) is 2.33. The van der Waals surface area contributed by atoms with Gasteiger partial charge in [-0.15, -0.1) is 0 Å². The largest absolute Gasteiger partial charge is 0.371 e. The van der Waals surface area contributed by atoms with Crippen molar-refractivity contribution >= 4 is 0 Å². The first-order valence-corrected chi connectivity index (χ1v) is 4.56. The lowest BCUT2D eigenvalue weighted by molar-refractivity contribution is -0.0210. The molecule has 1 aromatic heterocycles. The number of ether oxygens (including phenoxy) is 1. The van der Waals surface area contributed by atoms with Crippen LogP contribution < -0.4 is 0 Å². The molecule has 2 rings (SSSR count). The molecule has 0 bridgehead atoms. The molecule has 0 amide bonds. The van der Waals surface area contributed by atoms with Crippen molar-refractivity contribution in [3.63, 3.8) is 0 Å². The van der Waals surface area contributed by atoms with Crippen molar-refractivity contribution in [1.82, 2.24) is 9.88 Å². The van der Waals surface area contributed by atoms with Crippen molar-refractivity contribution in [2.75, 3.05) is 26.7 Å². The van der Waals surface area contributed by atoms with Crippen molar-refractivity contribution in [3.05, 3.63) is 30.1 Å². The molecule has 1 aliphatic rings. The van der Waals surface area contributed by atoms with Crippen LogP contribution in [0.1, 0.15) is 11.7 Å². The van der Waals surface area contributed by atoms with E-state index in [-0.39, 0.29) is 6.10 Å². The van der Waals surface area contributed by atoms with Gasteiger partial charge >= 0.3 is 0 Å². The molecule has 1 unspecified atom stereocenters. The average molecular weight is 178 g/mol. The van der Waals surface area contributed by atoms with Crippen LogP contribution >= 0.6 is 0 Å². The molecule has 0 aromatic carbocycles. The fraction of sp³-hybridized carbons (Fsp3) is 0.500. The van der Waals surface area contributed by atoms with Crippen LogP contribution in [0, 0.1) is 0 Å². The third-order valence-corrected chi connectivity index (χ3v) is 2.33. The fourth-order valence-corrected chi connectivity index (χ4v) is 1.55. The van der Waals surface area contributed by atoms with Gasteiger partial charge in [-0.3, -0.25) is 4.98 Å². The zero-order valence-corrected chi connectivity index (χ0v) is 7.81. The van der Waals surface area contributed by atoms with Crippen LogP contribution in [-0.2, 0) is 4.74 Å². The summed E-state index contributed by atoms with van der Waals surface area (Å²) in [6.45, 7) is 2.80. The number of hydrogen-bond acceptors (Lipinski definition) is 3. The normalized spacial score (nSPS) is 24.5. The van der Waals surface area contributed by atoms with E-state index in [4.69, 9.17) is 4.74 Å². The second-order valence-corrected chi connectivity index (χ2v) is 3.41. The first-order chi connectivity index (χ1) is 6.36. The summed E-state index contributed by atoms with van der Waals surface area (Å²) in [5.74, 6) is 0. The second-order valence-electron chi connectivity index (χ2n) is 3.41. The fourth-order valence-electron chi connectivity index (χ4n) is 1.55. The van der Waals surface area contributed by atoms with Crippen LogP contribution in [0.4, 0.5) is 0 Å². The van der Waals surface area contributed by atoms with Crippen LogP contribution in [0.25, 0.3) is 0 Å². The first kappa shape index (κ1) is 8.66. The van der Waals surface area contributed by atoms with E-state index in [9.17, 15) is 0 Å². The summed E-state index contributed by atoms with van der Waals surface area (Å²) in [5, 5.41) is 0. The maximum atomic E-state index is 5.65. The number of pyridine rings is 1. The molecule has 13 heavy (non-hydrogen) atoms. The van der Waals surface area contributed by atoms with Gasteiger partial charge in [0.2, 0.25) is 0 Å². The number of morpholine rings is 1. The number of nitrogens with zero attached hydrogens (tertiary/aromatic N) is 2. The zero-order chi connectivity index (χ0) is 9.10. The van der Waals surface area contributed by atoms with E-state index >= 15 is 0 Å². The van der Waals surface area contributed by atoms with Gasteiger partial charge < -0.3 is 9.64 Å². The van der Waals surface area contributed by atoms with Gasteiger partial charge in [0.25, 0.3) is 0 Å². The lowest BCUT2D eigenvalue weighted by atomic mass is 10.1. The summed E-state index contributed by atoms with van der Waals surface area (Å²) in [6.07, 6.45) is 3.87. The molecule has 1 fully saturated rings. The van der Waals surface area contributed by atoms with Gasteiger partial charge in [-0.25, -0.2) is 0 Å². The first-order valence-electron chi connectivity index (χ1n) is 4.56. The minimum Gasteiger partial charge on any atom is -0.371 e. The SMILES string of the molecule is CN1CCOC(c2cccnc2)C1. The van der Waals surface area contributed by atoms with Gasteiger partial charge in [0.15, 0.2) is 0 Å². The molecular formula is C10H14N2O. The van der Waals surface area contributed by atoms with E-state index in [1.807, 2.05) is 12.3 Å². The van der Waals surface area contributed by atoms with Crippen molar-refractivity contribution in [1.29, 1.82) is 0 Å². The van der Waals surface area contributed by atoms with Crippen molar-refractivity contribution in [2.24, 2.45) is 0 Å². The summed E-state index contributed by atoms with van der Waals surface area (Å²) in [5.41, 5.74) is 1.18. The average Bonchev–Trinajstić information content (AvgIpc) is 2.19. The molecule has 1 atom stereocenters. The highest BCUT2D eigenvalue weighted by Gasteiger charge is 2.18. The predicted octanol–water partition coefficient (Wildman–Crippen LogP) is 1.08. The Morgan fingerprint density at radius 1 is 1.62 bits per heavy atom. The highest BCUT2D eigenvalue weighted by molar-refractivity contribution is 5.12. The van der Waals surface area contributed by atoms with Crippen molar-refractivity contribution in [3.8, 4) is 0 Å². The summed E-state index contributed by atoms with van der Waals surface area (Å²) in [7, 11) is 2.12. The minimum atomic E-state index is 0.201. The number of likely N-dealkylation sites (N-methyl/N-ethyl adjacent to an activating group) is 1. The molecule has 3 nitrogen and oxygen atoms in total. The molecule has 0 aliphatic carbocycles. The molecule has 3 heteroatoms. The highest BCUT2D eigenvalue weighted by Crippen LogP contribution is 2.19. The van der Waals surface area contributed by atoms with E-state index in [1.165, 1.54) is 5.56 Å². The molecule has 0 radical (unpaired) electrons. The molecule has 70 valence electrons. The standard InChI is InChI=1S/C10H14N2O/c1-12-5-6-13-10(8-12)9-3-2-4-11-7-9/h2-4,7,10H,5-6,8H2,1H3. The summed E-state index contributed by atoms with van der Waals surface area (Å²) in [4.78, 5) is 6.37. The summed E-state index contributed by atoms with van der Waals surface area (Å²) >= 11 is 0. The molecule has 0 spiro atoms. The lowest BCUT2D eigenvalue weighted by Gasteiger charge is -2.29. The van der Waals surface area contributed by atoms with Gasteiger partial charge in [0.05, 0.1) is 12.7 Å². The summed E-state index contributed by atoms with van der Waals surface area (Å²) < 4.78 is 5.65. The summed E-state index contributed by atoms with van der Waals surface area (Å²) in [6, 6.07) is 4.02. The number of rotatable bonds is 1. The molecule has 0 saturated carbocycles. The van der Waals surface area contributed by atoms with E-state index in [2.05, 4.69) is 23.0 Å². The molecule has 0 N–H and O–H groups in total. The van der Waals surface area contributed by atoms with Gasteiger partial charge in [0, 0.05) is 31.0 Å². The van der Waals surface area contributed by atoms with Crippen LogP contribution in [0.3, 0.4) is 0 Å². The Kier molecular flexibility index (Phi) is 2.57. The van der Waals surface area contributed by atoms with E-state index in [0.717, 1.165) is 19.7 Å². The van der Waals surface area contributed by atoms with Gasteiger partial charge in [0.1, 0.15) is 0 Å². The van der Waals surface area contributed by atoms with Gasteiger partial charge in [-0.1, -0.05) is 6.07 Å². The Labute approximate surface area is 78.3 Å². The second kappa shape index (κ2) is 3.85. The molecular weight excluding hydrogens is 164 g/mol.